The van der Waals surface area contributed by atoms with Gasteiger partial charge in [0.05, 0.1) is 11.5 Å². The highest BCUT2D eigenvalue weighted by Gasteiger charge is 2.23. The summed E-state index contributed by atoms with van der Waals surface area (Å²) in [4.78, 5) is 9.14. The van der Waals surface area contributed by atoms with Gasteiger partial charge in [0.25, 0.3) is 10.0 Å². The molecule has 4 aromatic rings. The van der Waals surface area contributed by atoms with Gasteiger partial charge in [-0.15, -0.1) is 0 Å². The topological polar surface area (TPSA) is 131 Å². The van der Waals surface area contributed by atoms with E-state index in [9.17, 15) is 8.42 Å². The smallest absolute Gasteiger partial charge is 0.263 e. The van der Waals surface area contributed by atoms with Crippen LogP contribution in [0.5, 0.6) is 0 Å². The maximum atomic E-state index is 13.5. The molecule has 40 heavy (non-hydrogen) atoms. The number of sulfonamides is 1. The van der Waals surface area contributed by atoms with Gasteiger partial charge in [0.2, 0.25) is 5.95 Å². The molecule has 2 aromatic heterocycles. The standard InChI is InChI=1S/C29H36N6O4S/c1-6-14-30-29-32-19(3)15-27(33-29)31-17-22-12-13-24(23(16-22)18-38-7-2)25-10-8-9-11-26(25)40(36,37)35-28-20(4)21(5)39-34-28/h8-13,15-16H,6-7,14,17-18H2,1-5H3,(H,34,35)(H2,30,31,32,33). The predicted octanol–water partition coefficient (Wildman–Crippen LogP) is 5.83. The summed E-state index contributed by atoms with van der Waals surface area (Å²) in [5.74, 6) is 2.05. The molecule has 0 radical (unpaired) electrons. The number of hydrogen-bond donors (Lipinski definition) is 3. The lowest BCUT2D eigenvalue weighted by Gasteiger charge is -2.16. The lowest BCUT2D eigenvalue weighted by Crippen LogP contribution is -2.15. The SMILES string of the molecule is CCCNc1nc(C)cc(NCc2ccc(-c3ccccc3S(=O)(=O)Nc3noc(C)c3C)c(COCC)c2)n1. The fraction of sp³-hybridized carbons (Fsp3) is 0.345. The Labute approximate surface area is 235 Å². The predicted molar refractivity (Wildman–Crippen MR) is 157 cm³/mol. The largest absolute Gasteiger partial charge is 0.377 e. The quantitative estimate of drug-likeness (QED) is 0.184. The first-order valence-electron chi connectivity index (χ1n) is 13.3. The zero-order valence-electron chi connectivity index (χ0n) is 23.5. The molecule has 0 fully saturated rings. The Morgan fingerprint density at radius 2 is 1.75 bits per heavy atom. The van der Waals surface area contributed by atoms with E-state index in [4.69, 9.17) is 9.26 Å². The van der Waals surface area contributed by atoms with Crippen LogP contribution < -0.4 is 15.4 Å². The minimum absolute atomic E-state index is 0.141. The fourth-order valence-corrected chi connectivity index (χ4v) is 5.42. The first-order valence-corrected chi connectivity index (χ1v) is 14.8. The third-order valence-corrected chi connectivity index (χ3v) is 7.74. The molecule has 3 N–H and O–H groups in total. The van der Waals surface area contributed by atoms with Crippen molar-refractivity contribution in [2.75, 3.05) is 28.5 Å². The maximum absolute atomic E-state index is 13.5. The third-order valence-electron chi connectivity index (χ3n) is 6.35. The molecular weight excluding hydrogens is 528 g/mol. The molecular formula is C29H36N6O4S. The summed E-state index contributed by atoms with van der Waals surface area (Å²) in [6.07, 6.45) is 0.981. The van der Waals surface area contributed by atoms with Gasteiger partial charge in [0.1, 0.15) is 11.6 Å². The molecule has 2 aromatic carbocycles. The minimum atomic E-state index is -3.96. The highest BCUT2D eigenvalue weighted by atomic mass is 32.2. The van der Waals surface area contributed by atoms with E-state index < -0.39 is 10.0 Å². The average molecular weight is 565 g/mol. The van der Waals surface area contributed by atoms with Crippen LogP contribution in [0.4, 0.5) is 17.6 Å². The Hall–Kier alpha value is -3.96. The lowest BCUT2D eigenvalue weighted by atomic mass is 9.97. The van der Waals surface area contributed by atoms with Gasteiger partial charge in [-0.05, 0) is 56.9 Å². The van der Waals surface area contributed by atoms with Crippen LogP contribution in [0.2, 0.25) is 0 Å². The van der Waals surface area contributed by atoms with Crippen molar-refractivity contribution in [3.8, 4) is 11.1 Å². The van der Waals surface area contributed by atoms with Gasteiger partial charge in [-0.2, -0.15) is 4.98 Å². The van der Waals surface area contributed by atoms with E-state index >= 15 is 0 Å². The van der Waals surface area contributed by atoms with Crippen LogP contribution in [0.15, 0.2) is 57.9 Å². The molecule has 0 aliphatic rings. The number of aromatic nitrogens is 3. The normalized spacial score (nSPS) is 11.4. The van der Waals surface area contributed by atoms with E-state index in [2.05, 4.69) is 37.4 Å². The van der Waals surface area contributed by atoms with Crippen molar-refractivity contribution in [2.24, 2.45) is 0 Å². The van der Waals surface area contributed by atoms with Gasteiger partial charge in [0, 0.05) is 42.6 Å². The molecule has 0 aliphatic carbocycles. The van der Waals surface area contributed by atoms with Crippen molar-refractivity contribution in [2.45, 2.75) is 59.1 Å². The van der Waals surface area contributed by atoms with E-state index in [-0.39, 0.29) is 10.7 Å². The van der Waals surface area contributed by atoms with Crippen LogP contribution in [0.1, 0.15) is 48.4 Å². The molecule has 2 heterocycles. The monoisotopic (exact) mass is 564 g/mol. The number of nitrogens with one attached hydrogen (secondary N) is 3. The molecule has 0 aliphatic heterocycles. The van der Waals surface area contributed by atoms with E-state index in [1.165, 1.54) is 0 Å². The van der Waals surface area contributed by atoms with Gasteiger partial charge < -0.3 is 19.9 Å². The molecule has 0 amide bonds. The molecule has 0 bridgehead atoms. The van der Waals surface area contributed by atoms with Crippen LogP contribution in [0, 0.1) is 20.8 Å². The number of anilines is 3. The first kappa shape index (κ1) is 29.0. The molecule has 0 unspecified atom stereocenters. The second-order valence-electron chi connectivity index (χ2n) is 9.44. The van der Waals surface area contributed by atoms with Crippen molar-refractivity contribution < 1.29 is 17.7 Å². The fourth-order valence-electron chi connectivity index (χ4n) is 4.14. The third kappa shape index (κ3) is 6.97. The molecule has 212 valence electrons. The van der Waals surface area contributed by atoms with Crippen molar-refractivity contribution in [1.82, 2.24) is 15.1 Å². The Balaban J connectivity index is 1.63. The van der Waals surface area contributed by atoms with Crippen LogP contribution in [0.3, 0.4) is 0 Å². The molecule has 0 atom stereocenters. The Kier molecular flexibility index (Phi) is 9.38. The van der Waals surface area contributed by atoms with Gasteiger partial charge in [-0.1, -0.05) is 48.5 Å². The summed E-state index contributed by atoms with van der Waals surface area (Å²) >= 11 is 0. The molecule has 0 spiro atoms. The van der Waals surface area contributed by atoms with Gasteiger partial charge >= 0.3 is 0 Å². The van der Waals surface area contributed by atoms with E-state index in [0.29, 0.717) is 42.6 Å². The number of benzene rings is 2. The van der Waals surface area contributed by atoms with E-state index in [1.807, 2.05) is 44.2 Å². The van der Waals surface area contributed by atoms with Crippen molar-refractivity contribution in [1.29, 1.82) is 0 Å². The van der Waals surface area contributed by atoms with E-state index in [1.54, 1.807) is 32.0 Å². The van der Waals surface area contributed by atoms with Crippen molar-refractivity contribution in [3.05, 3.63) is 76.7 Å². The summed E-state index contributed by atoms with van der Waals surface area (Å²) in [5, 5.41) is 10.5. The summed E-state index contributed by atoms with van der Waals surface area (Å²) in [6.45, 7) is 11.6. The first-order chi connectivity index (χ1) is 19.2. The number of nitrogens with zero attached hydrogens (tertiary/aromatic N) is 3. The summed E-state index contributed by atoms with van der Waals surface area (Å²) in [7, 11) is -3.96. The highest BCUT2D eigenvalue weighted by Crippen LogP contribution is 2.33. The highest BCUT2D eigenvalue weighted by molar-refractivity contribution is 7.92. The average Bonchev–Trinajstić information content (AvgIpc) is 3.25. The Bertz CT molecular complexity index is 1570. The molecule has 0 saturated carbocycles. The van der Waals surface area contributed by atoms with Gasteiger partial charge in [-0.3, -0.25) is 4.72 Å². The van der Waals surface area contributed by atoms with Crippen LogP contribution in [-0.4, -0.2) is 36.7 Å². The number of ether oxygens (including phenoxy) is 1. The Morgan fingerprint density at radius 3 is 2.48 bits per heavy atom. The Morgan fingerprint density at radius 1 is 0.950 bits per heavy atom. The molecule has 10 nitrogen and oxygen atoms in total. The molecule has 11 heteroatoms. The van der Waals surface area contributed by atoms with Gasteiger partial charge in [0.15, 0.2) is 5.82 Å². The van der Waals surface area contributed by atoms with Crippen LogP contribution in [0.25, 0.3) is 11.1 Å². The number of hydrogen-bond acceptors (Lipinski definition) is 9. The van der Waals surface area contributed by atoms with Crippen molar-refractivity contribution in [3.63, 3.8) is 0 Å². The number of rotatable bonds is 13. The van der Waals surface area contributed by atoms with Crippen molar-refractivity contribution >= 4 is 27.6 Å². The summed E-state index contributed by atoms with van der Waals surface area (Å²) in [6, 6.07) is 14.8. The molecule has 4 rings (SSSR count). The minimum Gasteiger partial charge on any atom is -0.377 e. The summed E-state index contributed by atoms with van der Waals surface area (Å²) in [5.41, 5.74) is 4.73. The van der Waals surface area contributed by atoms with Crippen LogP contribution >= 0.6 is 0 Å². The zero-order chi connectivity index (χ0) is 28.7. The zero-order valence-corrected chi connectivity index (χ0v) is 24.4. The number of aryl methyl sites for hydroxylation is 2. The second-order valence-corrected chi connectivity index (χ2v) is 11.1. The maximum Gasteiger partial charge on any atom is 0.263 e. The van der Waals surface area contributed by atoms with Gasteiger partial charge in [-0.25, -0.2) is 13.4 Å². The second kappa shape index (κ2) is 12.9. The lowest BCUT2D eigenvalue weighted by molar-refractivity contribution is 0.134. The molecule has 0 saturated heterocycles. The van der Waals surface area contributed by atoms with Crippen LogP contribution in [-0.2, 0) is 27.9 Å². The van der Waals surface area contributed by atoms with E-state index in [0.717, 1.165) is 41.2 Å². The summed E-state index contributed by atoms with van der Waals surface area (Å²) < 4.78 is 40.4.